The van der Waals surface area contributed by atoms with Crippen molar-refractivity contribution in [3.05, 3.63) is 34.9 Å². The van der Waals surface area contributed by atoms with Crippen LogP contribution in [0.15, 0.2) is 18.2 Å². The summed E-state index contributed by atoms with van der Waals surface area (Å²) in [5, 5.41) is 5.33. The highest BCUT2D eigenvalue weighted by Gasteiger charge is 2.34. The lowest BCUT2D eigenvalue weighted by atomic mass is 10.0. The van der Waals surface area contributed by atoms with Gasteiger partial charge in [0.1, 0.15) is 0 Å². The first-order chi connectivity index (χ1) is 11.3. The Morgan fingerprint density at radius 1 is 1.08 bits per heavy atom. The second-order valence-corrected chi connectivity index (χ2v) is 6.49. The van der Waals surface area contributed by atoms with E-state index in [0.717, 1.165) is 12.1 Å². The van der Waals surface area contributed by atoms with Crippen LogP contribution in [0.25, 0.3) is 0 Å². The lowest BCUT2D eigenvalue weighted by molar-refractivity contribution is -0.137. The first kappa shape index (κ1) is 21.3. The van der Waals surface area contributed by atoms with Gasteiger partial charge >= 0.3 is 6.18 Å². The van der Waals surface area contributed by atoms with E-state index in [0.29, 0.717) is 19.4 Å². The number of amides is 1. The Bertz CT molecular complexity index is 561. The van der Waals surface area contributed by atoms with Crippen LogP contribution >= 0.6 is 0 Å². The van der Waals surface area contributed by atoms with Crippen LogP contribution in [0.3, 0.4) is 0 Å². The molecule has 0 aliphatic heterocycles. The molecule has 2 N–H and O–H groups in total. The lowest BCUT2D eigenvalue weighted by Crippen LogP contribution is -2.43. The number of rotatable bonds is 7. The van der Waals surface area contributed by atoms with Crippen LogP contribution in [-0.4, -0.2) is 19.0 Å². The molecule has 142 valence electrons. The zero-order chi connectivity index (χ0) is 19.4. The third kappa shape index (κ3) is 6.61. The molecule has 8 heteroatoms. The van der Waals surface area contributed by atoms with Gasteiger partial charge in [-0.3, -0.25) is 4.79 Å². The monoisotopic (exact) mass is 366 g/mol. The minimum absolute atomic E-state index is 0.0286. The van der Waals surface area contributed by atoms with Crippen LogP contribution in [0.1, 0.15) is 43.9 Å². The predicted octanol–water partition coefficient (Wildman–Crippen LogP) is 4.07. The molecule has 1 aromatic rings. The molecule has 1 amide bonds. The van der Waals surface area contributed by atoms with Crippen molar-refractivity contribution in [1.82, 2.24) is 10.6 Å². The van der Waals surface area contributed by atoms with Gasteiger partial charge in [-0.05, 0) is 43.1 Å². The minimum atomic E-state index is -4.74. The molecule has 0 spiro atoms. The fraction of sp³-hybridized carbons (Fsp3) is 0.588. The average Bonchev–Trinajstić information content (AvgIpc) is 2.48. The van der Waals surface area contributed by atoms with Crippen molar-refractivity contribution in [1.29, 1.82) is 0 Å². The smallest absolute Gasteiger partial charge is 0.351 e. The highest BCUT2D eigenvalue weighted by Crippen LogP contribution is 2.35. The second-order valence-electron chi connectivity index (χ2n) is 6.49. The van der Waals surface area contributed by atoms with E-state index in [1.165, 1.54) is 0 Å². The molecule has 0 aliphatic carbocycles. The van der Waals surface area contributed by atoms with E-state index in [1.807, 2.05) is 13.8 Å². The Morgan fingerprint density at radius 3 is 2.08 bits per heavy atom. The first-order valence-corrected chi connectivity index (χ1v) is 7.89. The fourth-order valence-electron chi connectivity index (χ4n) is 2.35. The minimum Gasteiger partial charge on any atom is -0.351 e. The molecule has 0 aromatic heterocycles. The summed E-state index contributed by atoms with van der Waals surface area (Å²) in [7, 11) is 1.60. The number of carbonyl (C=O) groups excluding carboxylic acids is 1. The normalized spacial score (nSPS) is 13.8. The molecule has 1 aromatic carbocycles. The summed E-state index contributed by atoms with van der Waals surface area (Å²) < 4.78 is 65.7. The molecule has 3 nitrogen and oxygen atoms in total. The number of nitrogens with one attached hydrogen (secondary N) is 2. The van der Waals surface area contributed by atoms with E-state index in [2.05, 4.69) is 10.6 Å². The van der Waals surface area contributed by atoms with Crippen LogP contribution < -0.4 is 10.6 Å². The van der Waals surface area contributed by atoms with Gasteiger partial charge in [0, 0.05) is 19.0 Å². The Kier molecular flexibility index (Phi) is 6.93. The molecule has 0 unspecified atom stereocenters. The average molecular weight is 366 g/mol. The van der Waals surface area contributed by atoms with Crippen molar-refractivity contribution in [3.63, 3.8) is 0 Å². The molecule has 0 aliphatic rings. The van der Waals surface area contributed by atoms with Crippen molar-refractivity contribution in [2.75, 3.05) is 7.05 Å². The van der Waals surface area contributed by atoms with Gasteiger partial charge in [-0.25, -0.2) is 8.78 Å². The number of carbonyl (C=O) groups is 1. The van der Waals surface area contributed by atoms with Crippen molar-refractivity contribution in [2.24, 2.45) is 5.92 Å². The maximum Gasteiger partial charge on any atom is 0.416 e. The fourth-order valence-corrected chi connectivity index (χ4v) is 2.35. The van der Waals surface area contributed by atoms with Gasteiger partial charge in [0.15, 0.2) is 0 Å². The van der Waals surface area contributed by atoms with Crippen molar-refractivity contribution in [3.8, 4) is 0 Å². The van der Waals surface area contributed by atoms with Crippen molar-refractivity contribution in [2.45, 2.75) is 51.9 Å². The van der Waals surface area contributed by atoms with Crippen molar-refractivity contribution >= 4 is 5.91 Å². The van der Waals surface area contributed by atoms with E-state index in [4.69, 9.17) is 0 Å². The van der Waals surface area contributed by atoms with Gasteiger partial charge < -0.3 is 10.6 Å². The van der Waals surface area contributed by atoms with Gasteiger partial charge in [-0.2, -0.15) is 13.2 Å². The third-order valence-electron chi connectivity index (χ3n) is 3.67. The van der Waals surface area contributed by atoms with Gasteiger partial charge in [-0.1, -0.05) is 13.8 Å². The molecule has 0 radical (unpaired) electrons. The zero-order valence-corrected chi connectivity index (χ0v) is 14.6. The largest absolute Gasteiger partial charge is 0.416 e. The molecule has 1 atom stereocenters. The molecule has 0 fully saturated rings. The third-order valence-corrected chi connectivity index (χ3v) is 3.67. The number of alkyl halides is 5. The van der Waals surface area contributed by atoms with E-state index in [1.54, 1.807) is 7.05 Å². The number of benzene rings is 1. The maximum absolute atomic E-state index is 13.5. The summed E-state index contributed by atoms with van der Waals surface area (Å²) in [5.41, 5.74) is -1.93. The van der Waals surface area contributed by atoms with Crippen LogP contribution in [0.5, 0.6) is 0 Å². The van der Waals surface area contributed by atoms with E-state index in [-0.39, 0.29) is 18.0 Å². The standard InChI is InChI=1S/C17H23F5N2O/c1-10(2)5-14(23-4)15(25)24-9-11-6-12(16(3,18)19)8-13(7-11)17(20,21)22/h6-8,10,14,23H,5,9H2,1-4H3,(H,24,25)/t14-/m1/s1. The second kappa shape index (κ2) is 8.12. The van der Waals surface area contributed by atoms with Gasteiger partial charge in [0.2, 0.25) is 5.91 Å². The topological polar surface area (TPSA) is 41.1 Å². The van der Waals surface area contributed by atoms with Gasteiger partial charge in [0.05, 0.1) is 11.6 Å². The van der Waals surface area contributed by atoms with Gasteiger partial charge in [-0.15, -0.1) is 0 Å². The molecule has 25 heavy (non-hydrogen) atoms. The van der Waals surface area contributed by atoms with E-state index < -0.39 is 35.2 Å². The highest BCUT2D eigenvalue weighted by molar-refractivity contribution is 5.81. The van der Waals surface area contributed by atoms with Crippen molar-refractivity contribution < 1.29 is 26.7 Å². The summed E-state index contributed by atoms with van der Waals surface area (Å²) in [5.74, 6) is -3.56. The predicted molar refractivity (Wildman–Crippen MR) is 85.2 cm³/mol. The number of hydrogen-bond donors (Lipinski definition) is 2. The van der Waals surface area contributed by atoms with E-state index >= 15 is 0 Å². The highest BCUT2D eigenvalue weighted by atomic mass is 19.4. The Morgan fingerprint density at radius 2 is 1.64 bits per heavy atom. The number of hydrogen-bond acceptors (Lipinski definition) is 2. The molecular weight excluding hydrogens is 343 g/mol. The molecular formula is C17H23F5N2O. The quantitative estimate of drug-likeness (QED) is 0.715. The summed E-state index contributed by atoms with van der Waals surface area (Å²) >= 11 is 0. The Balaban J connectivity index is 2.99. The number of likely N-dealkylation sites (N-methyl/N-ethyl adjacent to an activating group) is 1. The first-order valence-electron chi connectivity index (χ1n) is 7.89. The molecule has 0 heterocycles. The molecule has 0 saturated heterocycles. The maximum atomic E-state index is 13.5. The zero-order valence-electron chi connectivity index (χ0n) is 14.6. The summed E-state index contributed by atoms with van der Waals surface area (Å²) in [6.07, 6.45) is -4.20. The van der Waals surface area contributed by atoms with Crippen LogP contribution in [0, 0.1) is 5.92 Å². The summed E-state index contributed by atoms with van der Waals surface area (Å²) in [6.45, 7) is 4.13. The van der Waals surface area contributed by atoms with Gasteiger partial charge in [0.25, 0.3) is 5.92 Å². The summed E-state index contributed by atoms with van der Waals surface area (Å²) in [6, 6.07) is 1.68. The lowest BCUT2D eigenvalue weighted by Gasteiger charge is -2.19. The van der Waals surface area contributed by atoms with Crippen LogP contribution in [0.4, 0.5) is 22.0 Å². The SMILES string of the molecule is CN[C@H](CC(C)C)C(=O)NCc1cc(C(C)(F)F)cc(C(F)(F)F)c1. The van der Waals surface area contributed by atoms with E-state index in [9.17, 15) is 26.7 Å². The molecule has 1 rings (SSSR count). The summed E-state index contributed by atoms with van der Waals surface area (Å²) in [4.78, 5) is 12.1. The van der Waals surface area contributed by atoms with Crippen LogP contribution in [0.2, 0.25) is 0 Å². The number of halogens is 5. The Hall–Kier alpha value is -1.70. The molecule has 0 bridgehead atoms. The molecule has 0 saturated carbocycles. The Labute approximate surface area is 144 Å². The van der Waals surface area contributed by atoms with Crippen LogP contribution in [-0.2, 0) is 23.4 Å².